The van der Waals surface area contributed by atoms with Gasteiger partial charge in [-0.1, -0.05) is 44.2 Å². The van der Waals surface area contributed by atoms with Crippen molar-refractivity contribution in [1.29, 1.82) is 0 Å². The molecule has 0 spiro atoms. The van der Waals surface area contributed by atoms with E-state index in [2.05, 4.69) is 24.1 Å². The third-order valence-electron chi connectivity index (χ3n) is 2.90. The maximum Gasteiger partial charge on any atom is 0.407 e. The Bertz CT molecular complexity index is 354. The summed E-state index contributed by atoms with van der Waals surface area (Å²) in [6.45, 7) is 8.17. The molecule has 0 saturated heterocycles. The lowest BCUT2D eigenvalue weighted by atomic mass is 10.2. The van der Waals surface area contributed by atoms with Gasteiger partial charge >= 0.3 is 6.09 Å². The highest BCUT2D eigenvalue weighted by Crippen LogP contribution is 2.00. The van der Waals surface area contributed by atoms with Crippen molar-refractivity contribution < 1.29 is 9.53 Å². The van der Waals surface area contributed by atoms with Gasteiger partial charge in [0.2, 0.25) is 0 Å². The molecule has 4 heteroatoms. The molecule has 19 heavy (non-hydrogen) atoms. The van der Waals surface area contributed by atoms with E-state index >= 15 is 0 Å². The van der Waals surface area contributed by atoms with Gasteiger partial charge in [-0.05, 0) is 25.1 Å². The zero-order valence-corrected chi connectivity index (χ0v) is 11.9. The normalized spacial score (nSPS) is 10.5. The van der Waals surface area contributed by atoms with Crippen LogP contribution in [0.3, 0.4) is 0 Å². The van der Waals surface area contributed by atoms with E-state index in [0.717, 1.165) is 31.6 Å². The number of benzene rings is 1. The van der Waals surface area contributed by atoms with Gasteiger partial charge in [-0.25, -0.2) is 4.79 Å². The van der Waals surface area contributed by atoms with E-state index in [9.17, 15) is 4.79 Å². The van der Waals surface area contributed by atoms with Crippen LogP contribution < -0.4 is 5.32 Å². The molecule has 0 aromatic heterocycles. The molecule has 0 aliphatic carbocycles. The van der Waals surface area contributed by atoms with Crippen LogP contribution in [0.25, 0.3) is 0 Å². The van der Waals surface area contributed by atoms with E-state index in [0.29, 0.717) is 13.2 Å². The van der Waals surface area contributed by atoms with Gasteiger partial charge < -0.3 is 15.0 Å². The van der Waals surface area contributed by atoms with Gasteiger partial charge in [0.1, 0.15) is 6.61 Å². The highest BCUT2D eigenvalue weighted by atomic mass is 16.5. The van der Waals surface area contributed by atoms with E-state index in [1.54, 1.807) is 0 Å². The number of likely N-dealkylation sites (N-methyl/N-ethyl adjacent to an activating group) is 1. The van der Waals surface area contributed by atoms with E-state index in [1.165, 1.54) is 0 Å². The smallest absolute Gasteiger partial charge is 0.407 e. The second-order valence-electron chi connectivity index (χ2n) is 4.42. The first-order chi connectivity index (χ1) is 9.26. The van der Waals surface area contributed by atoms with E-state index in [4.69, 9.17) is 4.74 Å². The number of nitrogens with one attached hydrogen (secondary N) is 1. The Balaban J connectivity index is 2.14. The van der Waals surface area contributed by atoms with Crippen LogP contribution >= 0.6 is 0 Å². The molecule has 4 nitrogen and oxygen atoms in total. The molecule has 0 aliphatic rings. The average molecular weight is 264 g/mol. The standard InChI is InChI=1S/C15H24N2O2/c1-3-11-17(4-2)12-10-16-15(18)19-13-14-8-6-5-7-9-14/h5-9H,3-4,10-13H2,1-2H3,(H,16,18). The van der Waals surface area contributed by atoms with Gasteiger partial charge in [-0.2, -0.15) is 0 Å². The second-order valence-corrected chi connectivity index (χ2v) is 4.42. The van der Waals surface area contributed by atoms with Crippen LogP contribution in [0, 0.1) is 0 Å². The lowest BCUT2D eigenvalue weighted by molar-refractivity contribution is 0.138. The molecule has 0 saturated carbocycles. The van der Waals surface area contributed by atoms with E-state index < -0.39 is 0 Å². The topological polar surface area (TPSA) is 41.6 Å². The Morgan fingerprint density at radius 1 is 1.21 bits per heavy atom. The first-order valence-corrected chi connectivity index (χ1v) is 6.93. The summed E-state index contributed by atoms with van der Waals surface area (Å²) in [4.78, 5) is 13.8. The molecule has 0 fully saturated rings. The summed E-state index contributed by atoms with van der Waals surface area (Å²) in [6, 6.07) is 9.68. The number of rotatable bonds is 8. The van der Waals surface area contributed by atoms with Gasteiger partial charge in [0.25, 0.3) is 0 Å². The van der Waals surface area contributed by atoms with Crippen LogP contribution in [0.1, 0.15) is 25.8 Å². The molecule has 0 unspecified atom stereocenters. The maximum atomic E-state index is 11.5. The molecular weight excluding hydrogens is 240 g/mol. The summed E-state index contributed by atoms with van der Waals surface area (Å²) in [7, 11) is 0. The third kappa shape index (κ3) is 6.82. The number of carbonyl (C=O) groups is 1. The number of ether oxygens (including phenoxy) is 1. The Morgan fingerprint density at radius 2 is 1.95 bits per heavy atom. The summed E-state index contributed by atoms with van der Waals surface area (Å²) in [6.07, 6.45) is 0.781. The second kappa shape index (κ2) is 9.39. The Labute approximate surface area is 115 Å². The van der Waals surface area contributed by atoms with Crippen molar-refractivity contribution in [2.24, 2.45) is 0 Å². The lowest BCUT2D eigenvalue weighted by Gasteiger charge is -2.19. The maximum absolute atomic E-state index is 11.5. The molecule has 0 atom stereocenters. The zero-order valence-electron chi connectivity index (χ0n) is 11.9. The van der Waals surface area contributed by atoms with Crippen LogP contribution in [-0.2, 0) is 11.3 Å². The van der Waals surface area contributed by atoms with Gasteiger partial charge in [-0.15, -0.1) is 0 Å². The summed E-state index contributed by atoms with van der Waals surface area (Å²) in [5.41, 5.74) is 0.999. The zero-order chi connectivity index (χ0) is 13.9. The fraction of sp³-hybridized carbons (Fsp3) is 0.533. The van der Waals surface area contributed by atoms with Gasteiger partial charge in [0.05, 0.1) is 0 Å². The number of hydrogen-bond acceptors (Lipinski definition) is 3. The SMILES string of the molecule is CCCN(CC)CCNC(=O)OCc1ccccc1. The quantitative estimate of drug-likeness (QED) is 0.785. The van der Waals surface area contributed by atoms with Crippen LogP contribution in [-0.4, -0.2) is 37.2 Å². The molecule has 1 aromatic rings. The van der Waals surface area contributed by atoms with Gasteiger partial charge in [0.15, 0.2) is 0 Å². The van der Waals surface area contributed by atoms with Crippen molar-refractivity contribution >= 4 is 6.09 Å². The minimum atomic E-state index is -0.351. The number of alkyl carbamates (subject to hydrolysis) is 1. The number of carbonyl (C=O) groups excluding carboxylic acids is 1. The number of hydrogen-bond donors (Lipinski definition) is 1. The molecule has 106 valence electrons. The van der Waals surface area contributed by atoms with E-state index in [1.807, 2.05) is 30.3 Å². The van der Waals surface area contributed by atoms with Crippen LogP contribution in [0.2, 0.25) is 0 Å². The van der Waals surface area contributed by atoms with Crippen molar-refractivity contribution in [1.82, 2.24) is 10.2 Å². The summed E-state index contributed by atoms with van der Waals surface area (Å²) in [5, 5.41) is 2.77. The first kappa shape index (κ1) is 15.5. The van der Waals surface area contributed by atoms with Crippen molar-refractivity contribution in [3.8, 4) is 0 Å². The van der Waals surface area contributed by atoms with Crippen LogP contribution in [0.5, 0.6) is 0 Å². The van der Waals surface area contributed by atoms with Crippen molar-refractivity contribution in [2.75, 3.05) is 26.2 Å². The largest absolute Gasteiger partial charge is 0.445 e. The molecule has 0 radical (unpaired) electrons. The fourth-order valence-electron chi connectivity index (χ4n) is 1.83. The number of amides is 1. The highest BCUT2D eigenvalue weighted by molar-refractivity contribution is 5.67. The van der Waals surface area contributed by atoms with Gasteiger partial charge in [-0.3, -0.25) is 0 Å². The summed E-state index contributed by atoms with van der Waals surface area (Å²) < 4.78 is 5.13. The summed E-state index contributed by atoms with van der Waals surface area (Å²) >= 11 is 0. The molecule has 1 aromatic carbocycles. The Kier molecular flexibility index (Phi) is 7.66. The monoisotopic (exact) mass is 264 g/mol. The molecule has 0 aliphatic heterocycles. The lowest BCUT2D eigenvalue weighted by Crippen LogP contribution is -2.35. The fourth-order valence-corrected chi connectivity index (χ4v) is 1.83. The predicted molar refractivity (Wildman–Crippen MR) is 77.0 cm³/mol. The van der Waals surface area contributed by atoms with Gasteiger partial charge in [0, 0.05) is 13.1 Å². The predicted octanol–water partition coefficient (Wildman–Crippen LogP) is 2.64. The van der Waals surface area contributed by atoms with Crippen molar-refractivity contribution in [2.45, 2.75) is 26.9 Å². The Hall–Kier alpha value is -1.55. The third-order valence-corrected chi connectivity index (χ3v) is 2.90. The van der Waals surface area contributed by atoms with Crippen molar-refractivity contribution in [3.05, 3.63) is 35.9 Å². The number of nitrogens with zero attached hydrogens (tertiary/aromatic N) is 1. The molecule has 1 rings (SSSR count). The molecule has 0 heterocycles. The highest BCUT2D eigenvalue weighted by Gasteiger charge is 2.04. The molecule has 1 amide bonds. The summed E-state index contributed by atoms with van der Waals surface area (Å²) in [5.74, 6) is 0. The molecule has 1 N–H and O–H groups in total. The van der Waals surface area contributed by atoms with E-state index in [-0.39, 0.29) is 6.09 Å². The minimum Gasteiger partial charge on any atom is -0.445 e. The molecular formula is C15H24N2O2. The molecule has 0 bridgehead atoms. The van der Waals surface area contributed by atoms with Crippen LogP contribution in [0.15, 0.2) is 30.3 Å². The van der Waals surface area contributed by atoms with Crippen molar-refractivity contribution in [3.63, 3.8) is 0 Å². The first-order valence-electron chi connectivity index (χ1n) is 6.93. The van der Waals surface area contributed by atoms with Crippen LogP contribution in [0.4, 0.5) is 4.79 Å². The average Bonchev–Trinajstić information content (AvgIpc) is 2.45. The minimum absolute atomic E-state index is 0.319. The Morgan fingerprint density at radius 3 is 2.58 bits per heavy atom.